The van der Waals surface area contributed by atoms with Crippen molar-refractivity contribution in [2.75, 3.05) is 0 Å². The van der Waals surface area contributed by atoms with Gasteiger partial charge in [0.25, 0.3) is 0 Å². The van der Waals surface area contributed by atoms with Gasteiger partial charge in [0.05, 0.1) is 12.5 Å². The van der Waals surface area contributed by atoms with Crippen LogP contribution in [0.15, 0.2) is 0 Å². The molecule has 1 saturated carbocycles. The number of carboxylic acid groups (broad SMARTS) is 1. The van der Waals surface area contributed by atoms with E-state index in [0.717, 1.165) is 0 Å². The number of rotatable bonds is 4. The van der Waals surface area contributed by atoms with Crippen LogP contribution in [0.3, 0.4) is 0 Å². The van der Waals surface area contributed by atoms with Crippen LogP contribution in [0.1, 0.15) is 34.1 Å². The molecule has 1 amide bonds. The first-order valence-corrected chi connectivity index (χ1v) is 5.38. The van der Waals surface area contributed by atoms with Crippen molar-refractivity contribution >= 4 is 11.9 Å². The predicted octanol–water partition coefficient (Wildman–Crippen LogP) is 0.339. The second-order valence-electron chi connectivity index (χ2n) is 5.59. The Bertz CT molecular complexity index is 309. The number of nitrogens with one attached hydrogen (secondary N) is 1. The van der Waals surface area contributed by atoms with Gasteiger partial charge in [-0.05, 0) is 10.8 Å². The topological polar surface area (TPSA) is 92.4 Å². The van der Waals surface area contributed by atoms with Gasteiger partial charge >= 0.3 is 5.97 Å². The average Bonchev–Trinajstić information content (AvgIpc) is 2.46. The second kappa shape index (κ2) is 3.73. The molecule has 1 rings (SSSR count). The summed E-state index contributed by atoms with van der Waals surface area (Å²) in [6.07, 6.45) is -0.334. The number of aliphatic carboxylic acids is 1. The fourth-order valence-corrected chi connectivity index (χ4v) is 2.09. The smallest absolute Gasteiger partial charge is 0.305 e. The van der Waals surface area contributed by atoms with Crippen LogP contribution in [0.4, 0.5) is 0 Å². The lowest BCUT2D eigenvalue weighted by Gasteiger charge is -2.11. The van der Waals surface area contributed by atoms with Crippen LogP contribution in [0.2, 0.25) is 0 Å². The number of hydrogen-bond donors (Lipinski definition) is 3. The van der Waals surface area contributed by atoms with Crippen LogP contribution in [0.5, 0.6) is 0 Å². The lowest BCUT2D eigenvalue weighted by atomic mass is 10.0. The van der Waals surface area contributed by atoms with Crippen molar-refractivity contribution in [2.45, 2.75) is 46.2 Å². The molecule has 1 aliphatic carbocycles. The zero-order chi connectivity index (χ0) is 12.7. The van der Waals surface area contributed by atoms with Crippen molar-refractivity contribution in [3.8, 4) is 0 Å². The minimum atomic E-state index is -1.06. The van der Waals surface area contributed by atoms with Crippen LogP contribution < -0.4 is 11.1 Å². The first kappa shape index (κ1) is 13.0. The van der Waals surface area contributed by atoms with E-state index >= 15 is 0 Å². The average molecular weight is 228 g/mol. The Hall–Kier alpha value is -1.10. The quantitative estimate of drug-likeness (QED) is 0.647. The van der Waals surface area contributed by atoms with Gasteiger partial charge in [0.1, 0.15) is 0 Å². The normalized spacial score (nSPS) is 23.6. The number of carboxylic acids is 1. The first-order chi connectivity index (χ1) is 7.10. The molecular formula is C11H20N2O3. The van der Waals surface area contributed by atoms with E-state index < -0.39 is 12.0 Å². The molecule has 4 N–H and O–H groups in total. The van der Waals surface area contributed by atoms with Gasteiger partial charge in [-0.25, -0.2) is 0 Å². The van der Waals surface area contributed by atoms with Gasteiger partial charge in [-0.15, -0.1) is 0 Å². The van der Waals surface area contributed by atoms with Crippen LogP contribution >= 0.6 is 0 Å². The molecule has 0 aromatic carbocycles. The van der Waals surface area contributed by atoms with Crippen LogP contribution in [0.25, 0.3) is 0 Å². The van der Waals surface area contributed by atoms with Gasteiger partial charge in [0, 0.05) is 6.04 Å². The predicted molar refractivity (Wildman–Crippen MR) is 59.7 cm³/mol. The molecule has 0 bridgehead atoms. The van der Waals surface area contributed by atoms with Crippen molar-refractivity contribution in [1.29, 1.82) is 0 Å². The molecule has 1 fully saturated rings. The summed E-state index contributed by atoms with van der Waals surface area (Å²) in [6.45, 7) is 8.28. The highest BCUT2D eigenvalue weighted by molar-refractivity contribution is 5.86. The van der Waals surface area contributed by atoms with E-state index in [0.29, 0.717) is 0 Å². The van der Waals surface area contributed by atoms with E-state index in [1.165, 1.54) is 0 Å². The molecule has 92 valence electrons. The Morgan fingerprint density at radius 1 is 1.31 bits per heavy atom. The molecule has 0 saturated heterocycles. The third-order valence-corrected chi connectivity index (χ3v) is 4.04. The number of hydrogen-bond acceptors (Lipinski definition) is 3. The molecule has 5 heteroatoms. The molecule has 1 unspecified atom stereocenters. The van der Waals surface area contributed by atoms with E-state index in [1.54, 1.807) is 0 Å². The molecule has 0 aromatic heterocycles. The van der Waals surface area contributed by atoms with E-state index in [9.17, 15) is 9.59 Å². The van der Waals surface area contributed by atoms with Crippen molar-refractivity contribution < 1.29 is 14.7 Å². The van der Waals surface area contributed by atoms with Crippen LogP contribution in [-0.4, -0.2) is 29.1 Å². The number of amides is 1. The van der Waals surface area contributed by atoms with Crippen LogP contribution in [0, 0.1) is 10.8 Å². The highest BCUT2D eigenvalue weighted by Crippen LogP contribution is 2.62. The Balaban J connectivity index is 2.52. The lowest BCUT2D eigenvalue weighted by Crippen LogP contribution is -2.44. The molecule has 0 aromatic rings. The zero-order valence-corrected chi connectivity index (χ0v) is 10.2. The molecule has 0 radical (unpaired) electrons. The van der Waals surface area contributed by atoms with Gasteiger partial charge in [-0.3, -0.25) is 9.59 Å². The van der Waals surface area contributed by atoms with Gasteiger partial charge in [0.2, 0.25) is 5.91 Å². The summed E-state index contributed by atoms with van der Waals surface area (Å²) in [5, 5.41) is 11.3. The minimum absolute atomic E-state index is 0.0333. The third-order valence-electron chi connectivity index (χ3n) is 4.04. The summed E-state index contributed by atoms with van der Waals surface area (Å²) in [7, 11) is 0. The second-order valence-corrected chi connectivity index (χ2v) is 5.59. The van der Waals surface area contributed by atoms with E-state index in [1.807, 2.05) is 0 Å². The van der Waals surface area contributed by atoms with E-state index in [-0.39, 0.29) is 29.2 Å². The molecule has 1 aliphatic rings. The highest BCUT2D eigenvalue weighted by Gasteiger charge is 2.65. The molecule has 16 heavy (non-hydrogen) atoms. The maximum Gasteiger partial charge on any atom is 0.305 e. The highest BCUT2D eigenvalue weighted by atomic mass is 16.4. The van der Waals surface area contributed by atoms with Gasteiger partial charge in [-0.1, -0.05) is 27.7 Å². The summed E-state index contributed by atoms with van der Waals surface area (Å²) in [4.78, 5) is 22.0. The molecule has 0 spiro atoms. The van der Waals surface area contributed by atoms with Crippen molar-refractivity contribution in [1.82, 2.24) is 5.32 Å². The molecule has 0 heterocycles. The Morgan fingerprint density at radius 3 is 2.06 bits per heavy atom. The fraction of sp³-hybridized carbons (Fsp3) is 0.818. The zero-order valence-electron chi connectivity index (χ0n) is 10.2. The SMILES string of the molecule is CC1(C)C(NC(=O)C(N)CC(=O)O)C1(C)C. The first-order valence-electron chi connectivity index (χ1n) is 5.38. The van der Waals surface area contributed by atoms with Gasteiger partial charge in [-0.2, -0.15) is 0 Å². The van der Waals surface area contributed by atoms with Crippen molar-refractivity contribution in [3.63, 3.8) is 0 Å². The monoisotopic (exact) mass is 228 g/mol. The van der Waals surface area contributed by atoms with E-state index in [2.05, 4.69) is 33.0 Å². The largest absolute Gasteiger partial charge is 0.481 e. The molecule has 1 atom stereocenters. The lowest BCUT2D eigenvalue weighted by molar-refractivity contribution is -0.139. The van der Waals surface area contributed by atoms with Crippen LogP contribution in [-0.2, 0) is 9.59 Å². The summed E-state index contributed by atoms with van der Waals surface area (Å²) in [6, 6.07) is -0.906. The maximum atomic E-state index is 11.6. The Morgan fingerprint density at radius 2 is 1.75 bits per heavy atom. The standard InChI is InChI=1S/C11H20N2O3/c1-10(2)9(11(10,3)4)13-8(16)6(12)5-7(14)15/h6,9H,5,12H2,1-4H3,(H,13,16)(H,14,15). The summed E-state index contributed by atoms with van der Waals surface area (Å²) >= 11 is 0. The number of nitrogens with two attached hydrogens (primary N) is 1. The molecule has 0 aliphatic heterocycles. The molecular weight excluding hydrogens is 208 g/mol. The summed E-state index contributed by atoms with van der Waals surface area (Å²) in [5.41, 5.74) is 5.55. The Labute approximate surface area is 95.4 Å². The van der Waals surface area contributed by atoms with E-state index in [4.69, 9.17) is 10.8 Å². The summed E-state index contributed by atoms with van der Waals surface area (Å²) < 4.78 is 0. The number of carbonyl (C=O) groups is 2. The molecule has 5 nitrogen and oxygen atoms in total. The van der Waals surface area contributed by atoms with Gasteiger partial charge in [0.15, 0.2) is 0 Å². The van der Waals surface area contributed by atoms with Gasteiger partial charge < -0.3 is 16.2 Å². The van der Waals surface area contributed by atoms with Crippen molar-refractivity contribution in [2.24, 2.45) is 16.6 Å². The maximum absolute atomic E-state index is 11.6. The summed E-state index contributed by atoms with van der Waals surface area (Å²) in [5.74, 6) is -1.44. The fourth-order valence-electron chi connectivity index (χ4n) is 2.09. The number of carbonyl (C=O) groups excluding carboxylic acids is 1. The Kier molecular flexibility index (Phi) is 3.02. The minimum Gasteiger partial charge on any atom is -0.481 e. The van der Waals surface area contributed by atoms with Crippen molar-refractivity contribution in [3.05, 3.63) is 0 Å². The third kappa shape index (κ3) is 2.04.